The number of nitrogens with zero attached hydrogens (tertiary/aromatic N) is 1. The third-order valence-electron chi connectivity index (χ3n) is 4.12. The lowest BCUT2D eigenvalue weighted by Crippen LogP contribution is -2.36. The highest BCUT2D eigenvalue weighted by atomic mass is 35.5. The fraction of sp³-hybridized carbons (Fsp3) is 0.278. The number of hydrogen-bond acceptors (Lipinski definition) is 5. The van der Waals surface area contributed by atoms with E-state index in [1.165, 1.54) is 25.1 Å². The molecule has 0 saturated carbocycles. The Kier molecular flexibility index (Phi) is 5.50. The molecule has 0 unspecified atom stereocenters. The largest absolute Gasteiger partial charge is 0.378 e. The van der Waals surface area contributed by atoms with Crippen LogP contribution in [0.2, 0.25) is 5.02 Å². The molecule has 2 aromatic rings. The molecule has 0 radical (unpaired) electrons. The zero-order valence-corrected chi connectivity index (χ0v) is 15.8. The van der Waals surface area contributed by atoms with Gasteiger partial charge >= 0.3 is 0 Å². The van der Waals surface area contributed by atoms with Gasteiger partial charge in [0.05, 0.1) is 28.8 Å². The van der Waals surface area contributed by atoms with Crippen molar-refractivity contribution in [2.75, 3.05) is 35.9 Å². The SMILES string of the molecule is CC(=O)c1cccc(S(=O)(=O)Nc2cc(N3CCOCC3)ccc2Cl)c1. The molecule has 0 atom stereocenters. The second-order valence-corrected chi connectivity index (χ2v) is 8.04. The van der Waals surface area contributed by atoms with Gasteiger partial charge in [0.2, 0.25) is 0 Å². The maximum absolute atomic E-state index is 12.7. The average Bonchev–Trinajstić information content (AvgIpc) is 2.64. The van der Waals surface area contributed by atoms with Crippen LogP contribution in [0, 0.1) is 0 Å². The molecule has 1 aliphatic rings. The molecule has 0 amide bonds. The van der Waals surface area contributed by atoms with E-state index in [2.05, 4.69) is 9.62 Å². The number of nitrogens with one attached hydrogen (secondary N) is 1. The summed E-state index contributed by atoms with van der Waals surface area (Å²) < 4.78 is 33.3. The molecule has 1 saturated heterocycles. The molecule has 0 aromatic heterocycles. The number of rotatable bonds is 5. The normalized spacial score (nSPS) is 14.9. The molecule has 0 aliphatic carbocycles. The Labute approximate surface area is 157 Å². The summed E-state index contributed by atoms with van der Waals surface area (Å²) in [6.45, 7) is 4.11. The predicted octanol–water partition coefficient (Wildman–Crippen LogP) is 3.18. The van der Waals surface area contributed by atoms with Crippen LogP contribution in [0.25, 0.3) is 0 Å². The molecule has 3 rings (SSSR count). The number of benzene rings is 2. The maximum Gasteiger partial charge on any atom is 0.261 e. The van der Waals surface area contributed by atoms with Crippen LogP contribution in [0.4, 0.5) is 11.4 Å². The van der Waals surface area contributed by atoms with Gasteiger partial charge in [-0.25, -0.2) is 8.42 Å². The fourth-order valence-electron chi connectivity index (χ4n) is 2.70. The van der Waals surface area contributed by atoms with E-state index in [1.54, 1.807) is 18.2 Å². The second kappa shape index (κ2) is 7.65. The Hall–Kier alpha value is -2.09. The molecule has 0 bridgehead atoms. The number of hydrogen-bond donors (Lipinski definition) is 1. The Bertz CT molecular complexity index is 925. The number of sulfonamides is 1. The van der Waals surface area contributed by atoms with Gasteiger partial charge in [0.25, 0.3) is 10.0 Å². The molecule has 6 nitrogen and oxygen atoms in total. The number of Topliss-reactive ketones (excluding diaryl/α,β-unsaturated/α-hetero) is 1. The Morgan fingerprint density at radius 1 is 1.15 bits per heavy atom. The van der Waals surface area contributed by atoms with Crippen molar-refractivity contribution in [3.05, 3.63) is 53.1 Å². The average molecular weight is 395 g/mol. The monoisotopic (exact) mass is 394 g/mol. The van der Waals surface area contributed by atoms with E-state index < -0.39 is 10.0 Å². The van der Waals surface area contributed by atoms with Crippen molar-refractivity contribution in [1.82, 2.24) is 0 Å². The summed E-state index contributed by atoms with van der Waals surface area (Å²) in [5, 5.41) is 0.299. The summed E-state index contributed by atoms with van der Waals surface area (Å²) in [5.41, 5.74) is 1.50. The van der Waals surface area contributed by atoms with Crippen LogP contribution in [-0.4, -0.2) is 40.5 Å². The Morgan fingerprint density at radius 2 is 1.88 bits per heavy atom. The first-order valence-corrected chi connectivity index (χ1v) is 9.99. The first kappa shape index (κ1) is 18.7. The van der Waals surface area contributed by atoms with Crippen molar-refractivity contribution in [1.29, 1.82) is 0 Å². The first-order valence-electron chi connectivity index (χ1n) is 8.13. The maximum atomic E-state index is 12.7. The van der Waals surface area contributed by atoms with Gasteiger partial charge in [-0.15, -0.1) is 0 Å². The smallest absolute Gasteiger partial charge is 0.261 e. The number of ketones is 1. The molecule has 1 fully saturated rings. The fourth-order valence-corrected chi connectivity index (χ4v) is 4.03. The standard InChI is InChI=1S/C18H19ClN2O4S/c1-13(22)14-3-2-4-16(11-14)26(23,24)20-18-12-15(5-6-17(18)19)21-7-9-25-10-8-21/h2-6,11-12,20H,7-10H2,1H3. The van der Waals surface area contributed by atoms with E-state index in [4.69, 9.17) is 16.3 Å². The van der Waals surface area contributed by atoms with E-state index in [9.17, 15) is 13.2 Å². The van der Waals surface area contributed by atoms with Crippen molar-refractivity contribution < 1.29 is 17.9 Å². The first-order chi connectivity index (χ1) is 12.4. The van der Waals surface area contributed by atoms with Gasteiger partial charge in [-0.05, 0) is 37.3 Å². The van der Waals surface area contributed by atoms with Crippen LogP contribution in [0.5, 0.6) is 0 Å². The van der Waals surface area contributed by atoms with Crippen molar-refractivity contribution in [3.63, 3.8) is 0 Å². The molecule has 1 aliphatic heterocycles. The third kappa shape index (κ3) is 4.17. The number of carbonyl (C=O) groups excluding carboxylic acids is 1. The minimum absolute atomic E-state index is 0.0121. The van der Waals surface area contributed by atoms with Crippen LogP contribution in [0.3, 0.4) is 0 Å². The van der Waals surface area contributed by atoms with Crippen molar-refractivity contribution in [2.45, 2.75) is 11.8 Å². The molecule has 1 heterocycles. The zero-order chi connectivity index (χ0) is 18.7. The molecule has 26 heavy (non-hydrogen) atoms. The van der Waals surface area contributed by atoms with Gasteiger partial charge in [-0.1, -0.05) is 23.7 Å². The van der Waals surface area contributed by atoms with Crippen LogP contribution >= 0.6 is 11.6 Å². The van der Waals surface area contributed by atoms with Gasteiger partial charge < -0.3 is 9.64 Å². The molecule has 2 aromatic carbocycles. The van der Waals surface area contributed by atoms with Crippen LogP contribution < -0.4 is 9.62 Å². The Balaban J connectivity index is 1.89. The van der Waals surface area contributed by atoms with Crippen LogP contribution in [-0.2, 0) is 14.8 Å². The van der Waals surface area contributed by atoms with E-state index in [0.717, 1.165) is 18.8 Å². The second-order valence-electron chi connectivity index (χ2n) is 5.95. The quantitative estimate of drug-likeness (QED) is 0.788. The number of carbonyl (C=O) groups is 1. The Morgan fingerprint density at radius 3 is 2.58 bits per heavy atom. The summed E-state index contributed by atoms with van der Waals surface area (Å²) >= 11 is 6.19. The van der Waals surface area contributed by atoms with Gasteiger partial charge in [0.1, 0.15) is 0 Å². The van der Waals surface area contributed by atoms with Gasteiger partial charge in [0.15, 0.2) is 5.78 Å². The van der Waals surface area contributed by atoms with E-state index in [-0.39, 0.29) is 10.7 Å². The summed E-state index contributed by atoms with van der Waals surface area (Å²) in [6.07, 6.45) is 0. The van der Waals surface area contributed by atoms with Crippen molar-refractivity contribution in [2.24, 2.45) is 0 Å². The summed E-state index contributed by atoms with van der Waals surface area (Å²) in [4.78, 5) is 13.6. The van der Waals surface area contributed by atoms with Gasteiger partial charge in [0, 0.05) is 24.3 Å². The minimum Gasteiger partial charge on any atom is -0.378 e. The van der Waals surface area contributed by atoms with Gasteiger partial charge in [-0.2, -0.15) is 0 Å². The zero-order valence-electron chi connectivity index (χ0n) is 14.2. The lowest BCUT2D eigenvalue weighted by atomic mass is 10.2. The molecule has 1 N–H and O–H groups in total. The van der Waals surface area contributed by atoms with E-state index in [1.807, 2.05) is 6.07 Å². The number of halogens is 1. The van der Waals surface area contributed by atoms with E-state index >= 15 is 0 Å². The summed E-state index contributed by atoms with van der Waals surface area (Å²) in [6, 6.07) is 11.1. The molecule has 0 spiro atoms. The highest BCUT2D eigenvalue weighted by Gasteiger charge is 2.19. The highest BCUT2D eigenvalue weighted by Crippen LogP contribution is 2.30. The lowest BCUT2D eigenvalue weighted by Gasteiger charge is -2.29. The van der Waals surface area contributed by atoms with Crippen LogP contribution in [0.15, 0.2) is 47.4 Å². The lowest BCUT2D eigenvalue weighted by molar-refractivity contribution is 0.101. The highest BCUT2D eigenvalue weighted by molar-refractivity contribution is 7.92. The van der Waals surface area contributed by atoms with Crippen molar-refractivity contribution >= 4 is 38.8 Å². The molecular formula is C18H19ClN2O4S. The van der Waals surface area contributed by atoms with E-state index in [0.29, 0.717) is 29.5 Å². The minimum atomic E-state index is -3.87. The topological polar surface area (TPSA) is 75.7 Å². The van der Waals surface area contributed by atoms with Crippen molar-refractivity contribution in [3.8, 4) is 0 Å². The molecular weight excluding hydrogens is 376 g/mol. The predicted molar refractivity (Wildman–Crippen MR) is 102 cm³/mol. The summed E-state index contributed by atoms with van der Waals surface area (Å²) in [5.74, 6) is -0.200. The molecule has 8 heteroatoms. The number of ether oxygens (including phenoxy) is 1. The van der Waals surface area contributed by atoms with Crippen LogP contribution in [0.1, 0.15) is 17.3 Å². The number of anilines is 2. The summed E-state index contributed by atoms with van der Waals surface area (Å²) in [7, 11) is -3.87. The molecule has 138 valence electrons. The van der Waals surface area contributed by atoms with Gasteiger partial charge in [-0.3, -0.25) is 9.52 Å². The number of morpholine rings is 1. The third-order valence-corrected chi connectivity index (χ3v) is 5.81.